The summed E-state index contributed by atoms with van der Waals surface area (Å²) in [7, 11) is 0. The van der Waals surface area contributed by atoms with Gasteiger partial charge in [0.15, 0.2) is 0 Å². The van der Waals surface area contributed by atoms with Crippen LogP contribution in [0.4, 0.5) is 10.5 Å². The van der Waals surface area contributed by atoms with Crippen molar-refractivity contribution >= 4 is 11.7 Å². The zero-order chi connectivity index (χ0) is 22.3. The fourth-order valence-electron chi connectivity index (χ4n) is 4.96. The number of β-amino-alcohol motifs (C(OH)–C–C–N with tert-alkyl or cyclic N) is 1. The maximum absolute atomic E-state index is 12.7. The van der Waals surface area contributed by atoms with E-state index in [1.165, 1.54) is 12.8 Å². The van der Waals surface area contributed by atoms with E-state index < -0.39 is 0 Å². The molecule has 2 saturated heterocycles. The minimum Gasteiger partial charge on any atom is -0.390 e. The van der Waals surface area contributed by atoms with E-state index in [2.05, 4.69) is 27.4 Å². The first-order chi connectivity index (χ1) is 15.6. The molecule has 6 nitrogen and oxygen atoms in total. The maximum atomic E-state index is 12.7. The number of rotatable bonds is 7. The number of piperidine rings is 1. The predicted octanol–water partition coefficient (Wildman–Crippen LogP) is 3.78. The van der Waals surface area contributed by atoms with Crippen LogP contribution in [0.25, 0.3) is 11.1 Å². The highest BCUT2D eigenvalue weighted by molar-refractivity contribution is 5.94. The van der Waals surface area contributed by atoms with Crippen LogP contribution in [0.2, 0.25) is 0 Å². The minimum atomic E-state index is -0.308. The largest absolute Gasteiger partial charge is 0.390 e. The molecule has 2 aromatic rings. The van der Waals surface area contributed by atoms with Gasteiger partial charge in [0.05, 0.1) is 11.8 Å². The lowest BCUT2D eigenvalue weighted by molar-refractivity contribution is 0.0617. The Bertz CT molecular complexity index is 867. The Morgan fingerprint density at radius 2 is 1.72 bits per heavy atom. The summed E-state index contributed by atoms with van der Waals surface area (Å²) in [6, 6.07) is 18.6. The summed E-state index contributed by atoms with van der Waals surface area (Å²) in [5.41, 5.74) is 2.91. The molecular weight excluding hydrogens is 400 g/mol. The van der Waals surface area contributed by atoms with Gasteiger partial charge in [0.1, 0.15) is 0 Å². The van der Waals surface area contributed by atoms with Gasteiger partial charge in [-0.25, -0.2) is 4.79 Å². The van der Waals surface area contributed by atoms with Crippen molar-refractivity contribution < 1.29 is 9.90 Å². The Labute approximate surface area is 191 Å². The first-order valence-corrected chi connectivity index (χ1v) is 11.9. The van der Waals surface area contributed by atoms with E-state index in [9.17, 15) is 9.90 Å². The number of hydrogen-bond donors (Lipinski definition) is 3. The molecule has 2 unspecified atom stereocenters. The van der Waals surface area contributed by atoms with Gasteiger partial charge in [0.25, 0.3) is 0 Å². The van der Waals surface area contributed by atoms with Crippen LogP contribution < -0.4 is 10.6 Å². The number of aliphatic hydroxyl groups is 1. The van der Waals surface area contributed by atoms with Crippen LogP contribution in [0.15, 0.2) is 54.6 Å². The van der Waals surface area contributed by atoms with Gasteiger partial charge in [-0.05, 0) is 50.8 Å². The van der Waals surface area contributed by atoms with Crippen LogP contribution in [0.5, 0.6) is 0 Å². The van der Waals surface area contributed by atoms with E-state index >= 15 is 0 Å². The zero-order valence-corrected chi connectivity index (χ0v) is 19.0. The van der Waals surface area contributed by atoms with Crippen molar-refractivity contribution in [1.82, 2.24) is 15.1 Å². The summed E-state index contributed by atoms with van der Waals surface area (Å²) >= 11 is 0. The Morgan fingerprint density at radius 1 is 1.00 bits per heavy atom. The Kier molecular flexibility index (Phi) is 7.79. The fraction of sp³-hybridized carbons (Fsp3) is 0.500. The molecule has 2 aliphatic heterocycles. The summed E-state index contributed by atoms with van der Waals surface area (Å²) in [5.74, 6) is 0. The normalized spacial score (nSPS) is 21.4. The standard InChI is InChI=1S/C26H36N4O2/c1-20-8-7-15-30(20)19-23(31)18-29-16-13-22(14-17-29)27-26(32)28-25-12-6-5-11-24(25)21-9-3-2-4-10-21/h2-6,9-12,20,22-23,31H,7-8,13-19H2,1H3,(H2,27,28,32). The number of likely N-dealkylation sites (tertiary alicyclic amines) is 2. The van der Waals surface area contributed by atoms with Gasteiger partial charge >= 0.3 is 6.03 Å². The lowest BCUT2D eigenvalue weighted by atomic mass is 10.0. The van der Waals surface area contributed by atoms with E-state index in [0.717, 1.165) is 55.8 Å². The fourth-order valence-corrected chi connectivity index (χ4v) is 4.96. The van der Waals surface area contributed by atoms with Crippen molar-refractivity contribution in [2.24, 2.45) is 0 Å². The van der Waals surface area contributed by atoms with E-state index in [1.807, 2.05) is 54.6 Å². The van der Waals surface area contributed by atoms with E-state index in [-0.39, 0.29) is 18.2 Å². The number of benzene rings is 2. The number of hydrogen-bond acceptors (Lipinski definition) is 4. The van der Waals surface area contributed by atoms with Crippen LogP contribution in [-0.4, -0.2) is 71.8 Å². The van der Waals surface area contributed by atoms with Crippen LogP contribution in [-0.2, 0) is 0 Å². The molecule has 0 saturated carbocycles. The van der Waals surface area contributed by atoms with Crippen molar-refractivity contribution in [3.63, 3.8) is 0 Å². The second-order valence-corrected chi connectivity index (χ2v) is 9.22. The highest BCUT2D eigenvalue weighted by Crippen LogP contribution is 2.27. The van der Waals surface area contributed by atoms with Crippen molar-refractivity contribution in [1.29, 1.82) is 0 Å². The SMILES string of the molecule is CC1CCCN1CC(O)CN1CCC(NC(=O)Nc2ccccc2-c2ccccc2)CC1. The van der Waals surface area contributed by atoms with Gasteiger partial charge in [0, 0.05) is 43.8 Å². The summed E-state index contributed by atoms with van der Waals surface area (Å²) in [5, 5.41) is 16.7. The van der Waals surface area contributed by atoms with E-state index in [1.54, 1.807) is 0 Å². The molecule has 0 radical (unpaired) electrons. The van der Waals surface area contributed by atoms with Gasteiger partial charge < -0.3 is 20.6 Å². The van der Waals surface area contributed by atoms with Gasteiger partial charge in [-0.3, -0.25) is 4.90 Å². The zero-order valence-electron chi connectivity index (χ0n) is 19.0. The number of carbonyl (C=O) groups is 1. The molecule has 0 aliphatic carbocycles. The molecule has 2 amide bonds. The highest BCUT2D eigenvalue weighted by Gasteiger charge is 2.26. The smallest absolute Gasteiger partial charge is 0.319 e. The third-order valence-corrected chi connectivity index (χ3v) is 6.79. The number of nitrogens with zero attached hydrogens (tertiary/aromatic N) is 2. The van der Waals surface area contributed by atoms with Gasteiger partial charge in [-0.1, -0.05) is 48.5 Å². The quantitative estimate of drug-likeness (QED) is 0.618. The van der Waals surface area contributed by atoms with Crippen LogP contribution in [0.1, 0.15) is 32.6 Å². The van der Waals surface area contributed by atoms with Crippen LogP contribution in [0, 0.1) is 0 Å². The van der Waals surface area contributed by atoms with Gasteiger partial charge in [0.2, 0.25) is 0 Å². The molecule has 2 aliphatic rings. The molecule has 2 atom stereocenters. The monoisotopic (exact) mass is 436 g/mol. The summed E-state index contributed by atoms with van der Waals surface area (Å²) in [6.45, 7) is 6.64. The number of urea groups is 1. The van der Waals surface area contributed by atoms with Crippen LogP contribution in [0.3, 0.4) is 0 Å². The van der Waals surface area contributed by atoms with Crippen molar-refractivity contribution in [2.75, 3.05) is 38.0 Å². The molecule has 0 bridgehead atoms. The van der Waals surface area contributed by atoms with Gasteiger partial charge in [-0.15, -0.1) is 0 Å². The molecular formula is C26H36N4O2. The molecule has 2 aromatic carbocycles. The average Bonchev–Trinajstić information content (AvgIpc) is 3.20. The lowest BCUT2D eigenvalue weighted by Crippen LogP contribution is -2.49. The highest BCUT2D eigenvalue weighted by atomic mass is 16.3. The molecule has 2 heterocycles. The van der Waals surface area contributed by atoms with Crippen molar-refractivity contribution in [3.05, 3.63) is 54.6 Å². The Morgan fingerprint density at radius 3 is 2.44 bits per heavy atom. The topological polar surface area (TPSA) is 67.8 Å². The van der Waals surface area contributed by atoms with Crippen LogP contribution >= 0.6 is 0 Å². The van der Waals surface area contributed by atoms with E-state index in [0.29, 0.717) is 12.6 Å². The maximum Gasteiger partial charge on any atom is 0.319 e. The number of nitrogens with one attached hydrogen (secondary N) is 2. The molecule has 0 spiro atoms. The number of aliphatic hydroxyl groups excluding tert-OH is 1. The number of para-hydroxylation sites is 1. The molecule has 172 valence electrons. The van der Waals surface area contributed by atoms with E-state index in [4.69, 9.17) is 0 Å². The van der Waals surface area contributed by atoms with Crippen molar-refractivity contribution in [3.8, 4) is 11.1 Å². The molecule has 6 heteroatoms. The molecule has 3 N–H and O–H groups in total. The first kappa shape index (κ1) is 22.8. The number of carbonyl (C=O) groups excluding carboxylic acids is 1. The third kappa shape index (κ3) is 6.09. The summed E-state index contributed by atoms with van der Waals surface area (Å²) < 4.78 is 0. The summed E-state index contributed by atoms with van der Waals surface area (Å²) in [6.07, 6.45) is 3.98. The number of amides is 2. The molecule has 4 rings (SSSR count). The predicted molar refractivity (Wildman–Crippen MR) is 130 cm³/mol. The average molecular weight is 437 g/mol. The first-order valence-electron chi connectivity index (χ1n) is 11.9. The molecule has 2 fully saturated rings. The summed E-state index contributed by atoms with van der Waals surface area (Å²) in [4.78, 5) is 17.4. The molecule has 0 aromatic heterocycles. The van der Waals surface area contributed by atoms with Gasteiger partial charge in [-0.2, -0.15) is 0 Å². The number of anilines is 1. The Hall–Kier alpha value is -2.41. The van der Waals surface area contributed by atoms with Crippen molar-refractivity contribution in [2.45, 2.75) is 50.8 Å². The molecule has 32 heavy (non-hydrogen) atoms. The minimum absolute atomic E-state index is 0.158. The second-order valence-electron chi connectivity index (χ2n) is 9.22. The lowest BCUT2D eigenvalue weighted by Gasteiger charge is -2.34. The third-order valence-electron chi connectivity index (χ3n) is 6.79. The second kappa shape index (κ2) is 10.9. The Balaban J connectivity index is 1.22.